The first-order chi connectivity index (χ1) is 5.38. The molecule has 1 heteroatoms. The van der Waals surface area contributed by atoms with Crippen molar-refractivity contribution in [2.45, 2.75) is 5.92 Å². The molecule has 53 valence electrons. The topological polar surface area (TPSA) is 23.8 Å². The molecule has 0 fully saturated rings. The van der Waals surface area contributed by atoms with Crippen molar-refractivity contribution in [2.24, 2.45) is 0 Å². The lowest BCUT2D eigenvalue weighted by Gasteiger charge is -2.00. The number of nitriles is 1. The molecule has 1 radical (unpaired) electrons. The minimum Gasteiger partial charge on any atom is -0.197 e. The van der Waals surface area contributed by atoms with Crippen LogP contribution in [0.4, 0.5) is 0 Å². The average molecular weight is 142 g/mol. The molecule has 0 saturated heterocycles. The standard InChI is InChI=1S/C10H8N/c1-2-9(8-11)10-6-4-3-5-7-10/h2-6,9H,1H2. The van der Waals surface area contributed by atoms with Gasteiger partial charge in [0.2, 0.25) is 0 Å². The summed E-state index contributed by atoms with van der Waals surface area (Å²) >= 11 is 0. The van der Waals surface area contributed by atoms with E-state index in [0.29, 0.717) is 0 Å². The van der Waals surface area contributed by atoms with Crippen LogP contribution in [-0.2, 0) is 0 Å². The molecule has 0 aliphatic heterocycles. The summed E-state index contributed by atoms with van der Waals surface area (Å²) < 4.78 is 0. The summed E-state index contributed by atoms with van der Waals surface area (Å²) in [4.78, 5) is 0. The maximum atomic E-state index is 8.64. The van der Waals surface area contributed by atoms with Gasteiger partial charge in [-0.2, -0.15) is 5.26 Å². The molecule has 1 unspecified atom stereocenters. The van der Waals surface area contributed by atoms with Crippen molar-refractivity contribution in [1.82, 2.24) is 0 Å². The second-order valence-electron chi connectivity index (χ2n) is 2.16. The van der Waals surface area contributed by atoms with Crippen molar-refractivity contribution in [2.75, 3.05) is 0 Å². The fraction of sp³-hybridized carbons (Fsp3) is 0.100. The molecule has 1 aromatic carbocycles. The number of benzene rings is 1. The highest BCUT2D eigenvalue weighted by atomic mass is 14.3. The summed E-state index contributed by atoms with van der Waals surface area (Å²) in [7, 11) is 0. The van der Waals surface area contributed by atoms with Gasteiger partial charge in [0.05, 0.1) is 12.0 Å². The molecule has 0 aromatic heterocycles. The summed E-state index contributed by atoms with van der Waals surface area (Å²) in [5, 5.41) is 8.64. The van der Waals surface area contributed by atoms with Gasteiger partial charge in [-0.15, -0.1) is 6.58 Å². The maximum absolute atomic E-state index is 8.64. The first-order valence-corrected chi connectivity index (χ1v) is 3.37. The molecule has 0 aliphatic rings. The molecule has 0 N–H and O–H groups in total. The molecule has 0 spiro atoms. The Bertz CT molecular complexity index is 269. The zero-order valence-electron chi connectivity index (χ0n) is 6.12. The number of hydrogen-bond donors (Lipinski definition) is 0. The number of allylic oxidation sites excluding steroid dienone is 1. The summed E-state index contributed by atoms with van der Waals surface area (Å²) in [5.41, 5.74) is 0.880. The van der Waals surface area contributed by atoms with Crippen LogP contribution in [0.2, 0.25) is 0 Å². The molecule has 1 aromatic rings. The van der Waals surface area contributed by atoms with Crippen LogP contribution >= 0.6 is 0 Å². The number of rotatable bonds is 2. The van der Waals surface area contributed by atoms with Crippen LogP contribution in [0.1, 0.15) is 11.5 Å². The lowest BCUT2D eigenvalue weighted by Crippen LogP contribution is -1.89. The Hall–Kier alpha value is -1.55. The molecular formula is C10H8N. The van der Waals surface area contributed by atoms with E-state index in [1.165, 1.54) is 0 Å². The van der Waals surface area contributed by atoms with Gasteiger partial charge in [0.1, 0.15) is 0 Å². The highest BCUT2D eigenvalue weighted by molar-refractivity contribution is 5.27. The summed E-state index contributed by atoms with van der Waals surface area (Å²) in [6.45, 7) is 3.57. The lowest BCUT2D eigenvalue weighted by atomic mass is 10.0. The van der Waals surface area contributed by atoms with Crippen LogP contribution in [0.15, 0.2) is 36.9 Å². The van der Waals surface area contributed by atoms with Crippen LogP contribution in [0, 0.1) is 17.4 Å². The number of hydrogen-bond acceptors (Lipinski definition) is 1. The largest absolute Gasteiger partial charge is 0.197 e. The van der Waals surface area contributed by atoms with Crippen LogP contribution < -0.4 is 0 Å². The third-order valence-corrected chi connectivity index (χ3v) is 1.44. The molecule has 11 heavy (non-hydrogen) atoms. The van der Waals surface area contributed by atoms with E-state index in [1.54, 1.807) is 12.1 Å². The Labute approximate surface area is 66.6 Å². The first-order valence-electron chi connectivity index (χ1n) is 3.37. The van der Waals surface area contributed by atoms with Crippen LogP contribution in [0.3, 0.4) is 0 Å². The van der Waals surface area contributed by atoms with Gasteiger partial charge in [0, 0.05) is 0 Å². The van der Waals surface area contributed by atoms with Crippen LogP contribution in [0.5, 0.6) is 0 Å². The molecule has 0 aliphatic carbocycles. The number of nitrogens with zero attached hydrogens (tertiary/aromatic N) is 1. The zero-order valence-corrected chi connectivity index (χ0v) is 6.12. The van der Waals surface area contributed by atoms with Gasteiger partial charge in [0.25, 0.3) is 0 Å². The third-order valence-electron chi connectivity index (χ3n) is 1.44. The van der Waals surface area contributed by atoms with E-state index in [0.717, 1.165) is 5.56 Å². The predicted octanol–water partition coefficient (Wildman–Crippen LogP) is 2.28. The third kappa shape index (κ3) is 1.68. The molecule has 0 saturated carbocycles. The van der Waals surface area contributed by atoms with Gasteiger partial charge >= 0.3 is 0 Å². The normalized spacial score (nSPS) is 11.5. The average Bonchev–Trinajstić information content (AvgIpc) is 2.09. The van der Waals surface area contributed by atoms with E-state index in [-0.39, 0.29) is 5.92 Å². The molecule has 1 nitrogen and oxygen atoms in total. The molecule has 0 bridgehead atoms. The molecule has 1 rings (SSSR count). The van der Waals surface area contributed by atoms with E-state index in [1.807, 2.05) is 18.2 Å². The van der Waals surface area contributed by atoms with Gasteiger partial charge in [-0.25, -0.2) is 0 Å². The van der Waals surface area contributed by atoms with Gasteiger partial charge in [-0.05, 0) is 11.6 Å². The van der Waals surface area contributed by atoms with E-state index in [9.17, 15) is 0 Å². The van der Waals surface area contributed by atoms with Gasteiger partial charge in [0.15, 0.2) is 0 Å². The Morgan fingerprint density at radius 1 is 1.64 bits per heavy atom. The van der Waals surface area contributed by atoms with Gasteiger partial charge in [-0.3, -0.25) is 0 Å². The van der Waals surface area contributed by atoms with Crippen molar-refractivity contribution in [1.29, 1.82) is 5.26 Å². The SMILES string of the molecule is C=CC(C#N)c1[c]cccc1. The maximum Gasteiger partial charge on any atom is 0.0897 e. The van der Waals surface area contributed by atoms with E-state index < -0.39 is 0 Å². The van der Waals surface area contributed by atoms with Crippen LogP contribution in [0.25, 0.3) is 0 Å². The van der Waals surface area contributed by atoms with Crippen LogP contribution in [-0.4, -0.2) is 0 Å². The van der Waals surface area contributed by atoms with Crippen molar-refractivity contribution >= 4 is 0 Å². The highest BCUT2D eigenvalue weighted by Crippen LogP contribution is 2.13. The Balaban J connectivity index is 2.93. The second-order valence-corrected chi connectivity index (χ2v) is 2.16. The van der Waals surface area contributed by atoms with E-state index >= 15 is 0 Å². The van der Waals surface area contributed by atoms with Crippen molar-refractivity contribution in [3.63, 3.8) is 0 Å². The zero-order chi connectivity index (χ0) is 8.10. The molecule has 0 amide bonds. The summed E-state index contributed by atoms with van der Waals surface area (Å²) in [6, 6.07) is 12.5. The van der Waals surface area contributed by atoms with E-state index in [4.69, 9.17) is 5.26 Å². The minimum atomic E-state index is -0.226. The minimum absolute atomic E-state index is 0.226. The Morgan fingerprint density at radius 2 is 2.45 bits per heavy atom. The predicted molar refractivity (Wildman–Crippen MR) is 43.8 cm³/mol. The van der Waals surface area contributed by atoms with Crippen molar-refractivity contribution < 1.29 is 0 Å². The quantitative estimate of drug-likeness (QED) is 0.581. The van der Waals surface area contributed by atoms with E-state index in [2.05, 4.69) is 18.7 Å². The molecular weight excluding hydrogens is 134 g/mol. The lowest BCUT2D eigenvalue weighted by molar-refractivity contribution is 1.09. The van der Waals surface area contributed by atoms with Crippen molar-refractivity contribution in [3.05, 3.63) is 48.6 Å². The Kier molecular flexibility index (Phi) is 2.46. The Morgan fingerprint density at radius 3 is 2.91 bits per heavy atom. The molecule has 0 heterocycles. The second kappa shape index (κ2) is 3.58. The van der Waals surface area contributed by atoms with Gasteiger partial charge < -0.3 is 0 Å². The van der Waals surface area contributed by atoms with Gasteiger partial charge in [-0.1, -0.05) is 30.3 Å². The highest BCUT2D eigenvalue weighted by Gasteiger charge is 2.02. The van der Waals surface area contributed by atoms with Crippen molar-refractivity contribution in [3.8, 4) is 6.07 Å². The molecule has 1 atom stereocenters. The fourth-order valence-corrected chi connectivity index (χ4v) is 0.850. The monoisotopic (exact) mass is 142 g/mol. The summed E-state index contributed by atoms with van der Waals surface area (Å²) in [5.74, 6) is -0.226. The summed E-state index contributed by atoms with van der Waals surface area (Å²) in [6.07, 6.45) is 1.62. The smallest absolute Gasteiger partial charge is 0.0897 e. The fourth-order valence-electron chi connectivity index (χ4n) is 0.850. The first kappa shape index (κ1) is 7.56.